The largest absolute Gasteiger partial charge is 0.351 e. The Balaban J connectivity index is 2.26. The van der Waals surface area contributed by atoms with Crippen LogP contribution in [0.2, 0.25) is 5.02 Å². The van der Waals surface area contributed by atoms with Gasteiger partial charge in [-0.05, 0) is 37.0 Å². The van der Waals surface area contributed by atoms with Gasteiger partial charge in [0.1, 0.15) is 11.9 Å². The molecule has 0 aliphatic heterocycles. The summed E-state index contributed by atoms with van der Waals surface area (Å²) in [6, 6.07) is 6.61. The zero-order valence-electron chi connectivity index (χ0n) is 15.3. The Labute approximate surface area is 166 Å². The molecule has 1 aromatic carbocycles. The Kier molecular flexibility index (Phi) is 8.73. The van der Waals surface area contributed by atoms with E-state index in [-0.39, 0.29) is 23.7 Å². The molecule has 1 N–H and O–H groups in total. The van der Waals surface area contributed by atoms with Crippen LogP contribution in [-0.2, 0) is 9.59 Å². The highest BCUT2D eigenvalue weighted by Crippen LogP contribution is 2.25. The van der Waals surface area contributed by atoms with E-state index < -0.39 is 6.04 Å². The topological polar surface area (TPSA) is 49.4 Å². The molecule has 2 rings (SSSR count). The number of rotatable bonds is 7. The molecule has 1 atom stereocenters. The molecule has 1 aliphatic rings. The number of hydrogen-bond donors (Lipinski definition) is 1. The number of alkyl halides is 1. The minimum absolute atomic E-state index is 0.133. The van der Waals surface area contributed by atoms with Gasteiger partial charge in [0.25, 0.3) is 0 Å². The number of nitrogens with zero attached hydrogens (tertiary/aromatic N) is 1. The first-order valence-corrected chi connectivity index (χ1v) is 10.4. The van der Waals surface area contributed by atoms with Crippen LogP contribution >= 0.6 is 23.2 Å². The summed E-state index contributed by atoms with van der Waals surface area (Å²) in [6.07, 6.45) is 7.46. The van der Waals surface area contributed by atoms with Crippen molar-refractivity contribution in [2.24, 2.45) is 0 Å². The third-order valence-electron chi connectivity index (χ3n) is 4.85. The van der Waals surface area contributed by atoms with Gasteiger partial charge in [0.05, 0.1) is 0 Å². The van der Waals surface area contributed by atoms with Gasteiger partial charge in [-0.3, -0.25) is 9.59 Å². The van der Waals surface area contributed by atoms with Gasteiger partial charge in [0.15, 0.2) is 0 Å². The second-order valence-corrected chi connectivity index (χ2v) is 7.58. The summed E-state index contributed by atoms with van der Waals surface area (Å²) in [5, 5.41) is 3.78. The summed E-state index contributed by atoms with van der Waals surface area (Å²) in [7, 11) is 0. The molecule has 1 saturated carbocycles. The smallest absolute Gasteiger partial charge is 0.247 e. The molecule has 144 valence electrons. The van der Waals surface area contributed by atoms with Gasteiger partial charge < -0.3 is 10.2 Å². The van der Waals surface area contributed by atoms with E-state index in [9.17, 15) is 9.59 Å². The fourth-order valence-electron chi connectivity index (χ4n) is 3.54. The summed E-state index contributed by atoms with van der Waals surface area (Å²) in [4.78, 5) is 27.2. The van der Waals surface area contributed by atoms with Crippen LogP contribution in [0.15, 0.2) is 24.3 Å². The summed E-state index contributed by atoms with van der Waals surface area (Å²) >= 11 is 11.8. The van der Waals surface area contributed by atoms with E-state index in [1.54, 1.807) is 17.0 Å². The van der Waals surface area contributed by atoms with Gasteiger partial charge in [-0.15, -0.1) is 11.6 Å². The fourth-order valence-corrected chi connectivity index (χ4v) is 3.82. The maximum Gasteiger partial charge on any atom is 0.247 e. The second-order valence-electron chi connectivity index (χ2n) is 6.87. The van der Waals surface area contributed by atoms with E-state index in [0.717, 1.165) is 37.7 Å². The van der Waals surface area contributed by atoms with E-state index in [4.69, 9.17) is 23.2 Å². The molecule has 0 unspecified atom stereocenters. The van der Waals surface area contributed by atoms with Crippen LogP contribution in [0.1, 0.15) is 63.5 Å². The molecular formula is C20H28Cl2N2O2. The molecule has 2 amide bonds. The third kappa shape index (κ3) is 5.88. The van der Waals surface area contributed by atoms with E-state index in [0.29, 0.717) is 11.6 Å². The molecule has 1 fully saturated rings. The van der Waals surface area contributed by atoms with E-state index in [1.165, 1.54) is 12.8 Å². The standard InChI is InChI=1S/C20H28Cl2N2O2/c1-2-13-24(18(25)14-21)19(15-9-11-16(22)12-10-15)20(26)23-17-7-5-3-4-6-8-17/h9-12,17,19H,2-8,13-14H2,1H3,(H,23,26)/t19-/m0/s1. The Morgan fingerprint density at radius 2 is 1.77 bits per heavy atom. The summed E-state index contributed by atoms with van der Waals surface area (Å²) in [5.74, 6) is -0.503. The Morgan fingerprint density at radius 3 is 2.31 bits per heavy atom. The number of nitrogens with one attached hydrogen (secondary N) is 1. The van der Waals surface area contributed by atoms with Gasteiger partial charge in [-0.2, -0.15) is 0 Å². The lowest BCUT2D eigenvalue weighted by atomic mass is 10.0. The van der Waals surface area contributed by atoms with Gasteiger partial charge >= 0.3 is 0 Å². The summed E-state index contributed by atoms with van der Waals surface area (Å²) in [5.41, 5.74) is 0.757. The molecule has 0 aromatic heterocycles. The normalized spacial score (nSPS) is 16.6. The number of halogens is 2. The van der Waals surface area contributed by atoms with Gasteiger partial charge in [0, 0.05) is 17.6 Å². The number of benzene rings is 1. The number of carbonyl (C=O) groups is 2. The van der Waals surface area contributed by atoms with Crippen LogP contribution in [0, 0.1) is 0 Å². The number of amides is 2. The lowest BCUT2D eigenvalue weighted by Crippen LogP contribution is -2.47. The Hall–Kier alpha value is -1.26. The van der Waals surface area contributed by atoms with Crippen molar-refractivity contribution in [1.29, 1.82) is 0 Å². The predicted molar refractivity (Wildman–Crippen MR) is 107 cm³/mol. The number of hydrogen-bond acceptors (Lipinski definition) is 2. The van der Waals surface area contributed by atoms with Crippen LogP contribution in [0.3, 0.4) is 0 Å². The van der Waals surface area contributed by atoms with Crippen LogP contribution in [-0.4, -0.2) is 35.2 Å². The van der Waals surface area contributed by atoms with Crippen molar-refractivity contribution in [3.05, 3.63) is 34.9 Å². The summed E-state index contributed by atoms with van der Waals surface area (Å²) < 4.78 is 0. The first-order chi connectivity index (χ1) is 12.6. The molecule has 26 heavy (non-hydrogen) atoms. The Morgan fingerprint density at radius 1 is 1.15 bits per heavy atom. The number of carbonyl (C=O) groups excluding carboxylic acids is 2. The first-order valence-electron chi connectivity index (χ1n) is 9.48. The van der Waals surface area contributed by atoms with E-state index in [2.05, 4.69) is 5.32 Å². The quantitative estimate of drug-likeness (QED) is 0.534. The molecule has 0 spiro atoms. The lowest BCUT2D eigenvalue weighted by Gasteiger charge is -2.32. The van der Waals surface area contributed by atoms with E-state index >= 15 is 0 Å². The van der Waals surface area contributed by atoms with Crippen molar-refractivity contribution in [3.8, 4) is 0 Å². The monoisotopic (exact) mass is 398 g/mol. The minimum Gasteiger partial charge on any atom is -0.351 e. The molecular weight excluding hydrogens is 371 g/mol. The zero-order chi connectivity index (χ0) is 18.9. The highest BCUT2D eigenvalue weighted by molar-refractivity contribution is 6.30. The minimum atomic E-state index is -0.679. The van der Waals surface area contributed by atoms with Crippen molar-refractivity contribution in [1.82, 2.24) is 10.2 Å². The molecule has 0 heterocycles. The van der Waals surface area contributed by atoms with Crippen LogP contribution in [0.5, 0.6) is 0 Å². The Bertz CT molecular complexity index is 584. The molecule has 4 nitrogen and oxygen atoms in total. The second kappa shape index (κ2) is 10.8. The van der Waals surface area contributed by atoms with Crippen molar-refractivity contribution in [2.75, 3.05) is 12.4 Å². The third-order valence-corrected chi connectivity index (χ3v) is 5.33. The fraction of sp³-hybridized carbons (Fsp3) is 0.600. The van der Waals surface area contributed by atoms with Gasteiger partial charge in [-0.1, -0.05) is 56.3 Å². The van der Waals surface area contributed by atoms with Crippen molar-refractivity contribution < 1.29 is 9.59 Å². The van der Waals surface area contributed by atoms with Gasteiger partial charge in [-0.25, -0.2) is 0 Å². The van der Waals surface area contributed by atoms with Crippen molar-refractivity contribution >= 4 is 35.0 Å². The first kappa shape index (κ1) is 21.0. The SMILES string of the molecule is CCCN(C(=O)CCl)[C@H](C(=O)NC1CCCCCC1)c1ccc(Cl)cc1. The average molecular weight is 399 g/mol. The predicted octanol–water partition coefficient (Wildman–Crippen LogP) is 4.70. The van der Waals surface area contributed by atoms with Crippen LogP contribution < -0.4 is 5.32 Å². The molecule has 1 aromatic rings. The summed E-state index contributed by atoms with van der Waals surface area (Å²) in [6.45, 7) is 2.47. The lowest BCUT2D eigenvalue weighted by molar-refractivity contribution is -0.139. The molecule has 0 saturated heterocycles. The van der Waals surface area contributed by atoms with Crippen LogP contribution in [0.25, 0.3) is 0 Å². The maximum absolute atomic E-state index is 13.2. The zero-order valence-corrected chi connectivity index (χ0v) is 16.9. The van der Waals surface area contributed by atoms with Crippen molar-refractivity contribution in [2.45, 2.75) is 64.0 Å². The maximum atomic E-state index is 13.2. The van der Waals surface area contributed by atoms with Crippen molar-refractivity contribution in [3.63, 3.8) is 0 Å². The molecule has 1 aliphatic carbocycles. The molecule has 6 heteroatoms. The van der Waals surface area contributed by atoms with E-state index in [1.807, 2.05) is 19.1 Å². The average Bonchev–Trinajstić information content (AvgIpc) is 2.90. The van der Waals surface area contributed by atoms with Gasteiger partial charge in [0.2, 0.25) is 11.8 Å². The molecule has 0 radical (unpaired) electrons. The molecule has 0 bridgehead atoms. The highest BCUT2D eigenvalue weighted by Gasteiger charge is 2.31. The van der Waals surface area contributed by atoms with Crippen LogP contribution in [0.4, 0.5) is 0 Å². The highest BCUT2D eigenvalue weighted by atomic mass is 35.5.